The molecule has 0 N–H and O–H groups in total. The van der Waals surface area contributed by atoms with Gasteiger partial charge in [0, 0.05) is 43.9 Å². The third-order valence-corrected chi connectivity index (χ3v) is 9.62. The Morgan fingerprint density at radius 3 is 1.78 bits per heavy atom. The van der Waals surface area contributed by atoms with Gasteiger partial charge in [-0.3, -0.25) is 0 Å². The summed E-state index contributed by atoms with van der Waals surface area (Å²) in [5, 5.41) is 4.62. The van der Waals surface area contributed by atoms with Crippen molar-refractivity contribution < 1.29 is 4.42 Å². The lowest BCUT2D eigenvalue weighted by atomic mass is 9.97. The summed E-state index contributed by atoms with van der Waals surface area (Å²) in [5.74, 6) is 0.662. The Labute approximate surface area is 288 Å². The van der Waals surface area contributed by atoms with Crippen LogP contribution in [0.5, 0.6) is 0 Å². The third kappa shape index (κ3) is 4.61. The number of fused-ring (bicyclic) bond motifs is 6. The molecule has 0 amide bonds. The number of hydrogen-bond acceptors (Lipinski definition) is 3. The van der Waals surface area contributed by atoms with Crippen LogP contribution in [0.2, 0.25) is 0 Å². The van der Waals surface area contributed by atoms with E-state index >= 15 is 0 Å². The fraction of sp³-hybridized carbons (Fsp3) is 0. The number of para-hydroxylation sites is 2. The number of rotatable bonds is 5. The standard InChI is InChI=1S/C46H29N3O/c1-4-13-30(14-5-1)39-29-40(31-15-6-2-7-16-31)48-46(47-39)33-23-25-36-38-27-32(24-26-43(38)50-44(36)28-33)35-20-12-22-42-45(35)37-19-10-11-21-41(37)49(42)34-17-8-3-9-18-34/h1-29H. The van der Waals surface area contributed by atoms with E-state index in [9.17, 15) is 0 Å². The third-order valence-electron chi connectivity index (χ3n) is 9.62. The molecule has 0 atom stereocenters. The van der Waals surface area contributed by atoms with Crippen molar-refractivity contribution in [2.24, 2.45) is 0 Å². The Morgan fingerprint density at radius 1 is 0.400 bits per heavy atom. The molecule has 10 rings (SSSR count). The molecule has 234 valence electrons. The first-order valence-corrected chi connectivity index (χ1v) is 16.8. The van der Waals surface area contributed by atoms with Crippen molar-refractivity contribution in [3.63, 3.8) is 0 Å². The van der Waals surface area contributed by atoms with Crippen LogP contribution in [0.4, 0.5) is 0 Å². The lowest BCUT2D eigenvalue weighted by Crippen LogP contribution is -1.95. The van der Waals surface area contributed by atoms with Crippen LogP contribution in [0.25, 0.3) is 94.5 Å². The average Bonchev–Trinajstić information content (AvgIpc) is 3.74. The zero-order chi connectivity index (χ0) is 33.0. The molecule has 3 heterocycles. The van der Waals surface area contributed by atoms with Gasteiger partial charge in [0.05, 0.1) is 22.4 Å². The molecule has 0 aliphatic heterocycles. The van der Waals surface area contributed by atoms with Crippen molar-refractivity contribution in [2.75, 3.05) is 0 Å². The van der Waals surface area contributed by atoms with E-state index in [4.69, 9.17) is 14.4 Å². The number of furan rings is 1. The van der Waals surface area contributed by atoms with Crippen molar-refractivity contribution in [1.82, 2.24) is 14.5 Å². The van der Waals surface area contributed by atoms with Crippen LogP contribution < -0.4 is 0 Å². The summed E-state index contributed by atoms with van der Waals surface area (Å²) in [6.45, 7) is 0. The van der Waals surface area contributed by atoms with Gasteiger partial charge < -0.3 is 8.98 Å². The zero-order valence-corrected chi connectivity index (χ0v) is 27.0. The van der Waals surface area contributed by atoms with Gasteiger partial charge in [-0.05, 0) is 65.7 Å². The maximum atomic E-state index is 6.50. The van der Waals surface area contributed by atoms with Crippen LogP contribution in [0.1, 0.15) is 0 Å². The molecule has 4 heteroatoms. The number of nitrogens with zero attached hydrogens (tertiary/aromatic N) is 3. The molecule has 0 saturated carbocycles. The monoisotopic (exact) mass is 639 g/mol. The van der Waals surface area contributed by atoms with Gasteiger partial charge in [-0.1, -0.05) is 121 Å². The second-order valence-corrected chi connectivity index (χ2v) is 12.6. The van der Waals surface area contributed by atoms with Crippen LogP contribution in [0.15, 0.2) is 180 Å². The highest BCUT2D eigenvalue weighted by Crippen LogP contribution is 2.41. The summed E-state index contributed by atoms with van der Waals surface area (Å²) in [5.41, 5.74) is 12.3. The molecule has 0 saturated heterocycles. The Hall–Kier alpha value is -6.78. The van der Waals surface area contributed by atoms with Crippen LogP contribution in [-0.2, 0) is 0 Å². The Balaban J connectivity index is 1.12. The molecular formula is C46H29N3O. The highest BCUT2D eigenvalue weighted by Gasteiger charge is 2.18. The van der Waals surface area contributed by atoms with Crippen LogP contribution in [0.3, 0.4) is 0 Å². The topological polar surface area (TPSA) is 43.9 Å². The summed E-state index contributed by atoms with van der Waals surface area (Å²) >= 11 is 0. The maximum absolute atomic E-state index is 6.50. The Bertz CT molecular complexity index is 2800. The van der Waals surface area contributed by atoms with E-state index in [1.807, 2.05) is 36.4 Å². The number of aromatic nitrogens is 3. The van der Waals surface area contributed by atoms with Crippen molar-refractivity contribution >= 4 is 43.7 Å². The van der Waals surface area contributed by atoms with Gasteiger partial charge in [0.1, 0.15) is 11.2 Å². The minimum atomic E-state index is 0.662. The summed E-state index contributed by atoms with van der Waals surface area (Å²) in [6.07, 6.45) is 0. The summed E-state index contributed by atoms with van der Waals surface area (Å²) in [4.78, 5) is 10.1. The van der Waals surface area contributed by atoms with Crippen molar-refractivity contribution in [3.05, 3.63) is 176 Å². The summed E-state index contributed by atoms with van der Waals surface area (Å²) in [7, 11) is 0. The lowest BCUT2D eigenvalue weighted by Gasteiger charge is -2.09. The van der Waals surface area contributed by atoms with Gasteiger partial charge in [-0.25, -0.2) is 9.97 Å². The minimum absolute atomic E-state index is 0.662. The molecule has 0 unspecified atom stereocenters. The minimum Gasteiger partial charge on any atom is -0.456 e. The molecule has 0 bridgehead atoms. The van der Waals surface area contributed by atoms with Gasteiger partial charge in [0.2, 0.25) is 0 Å². The second-order valence-electron chi connectivity index (χ2n) is 12.6. The van der Waals surface area contributed by atoms with Gasteiger partial charge in [-0.15, -0.1) is 0 Å². The molecule has 3 aromatic heterocycles. The largest absolute Gasteiger partial charge is 0.456 e. The molecule has 0 spiro atoms. The van der Waals surface area contributed by atoms with E-state index in [0.717, 1.165) is 61.3 Å². The average molecular weight is 640 g/mol. The predicted molar refractivity (Wildman–Crippen MR) is 205 cm³/mol. The van der Waals surface area contributed by atoms with Gasteiger partial charge in [0.15, 0.2) is 5.82 Å². The highest BCUT2D eigenvalue weighted by atomic mass is 16.3. The smallest absolute Gasteiger partial charge is 0.160 e. The molecule has 0 aliphatic carbocycles. The first-order chi connectivity index (χ1) is 24.8. The van der Waals surface area contributed by atoms with E-state index in [-0.39, 0.29) is 0 Å². The molecule has 7 aromatic carbocycles. The summed E-state index contributed by atoms with van der Waals surface area (Å²) in [6, 6.07) is 61.3. The SMILES string of the molecule is c1ccc(-c2cc(-c3ccccc3)nc(-c3ccc4c(c3)oc3ccc(-c5cccc6c5c5ccccc5n6-c5ccccc5)cc34)n2)cc1. The quantitative estimate of drug-likeness (QED) is 0.188. The first kappa shape index (κ1) is 28.3. The van der Waals surface area contributed by atoms with E-state index < -0.39 is 0 Å². The fourth-order valence-electron chi connectivity index (χ4n) is 7.29. The van der Waals surface area contributed by atoms with E-state index in [2.05, 4.69) is 144 Å². The molecular weight excluding hydrogens is 611 g/mol. The van der Waals surface area contributed by atoms with Gasteiger partial charge >= 0.3 is 0 Å². The fourth-order valence-corrected chi connectivity index (χ4v) is 7.29. The molecule has 10 aromatic rings. The molecule has 0 aliphatic rings. The van der Waals surface area contributed by atoms with Crippen LogP contribution in [0, 0.1) is 0 Å². The van der Waals surface area contributed by atoms with Gasteiger partial charge in [0.25, 0.3) is 0 Å². The maximum Gasteiger partial charge on any atom is 0.160 e. The van der Waals surface area contributed by atoms with Gasteiger partial charge in [-0.2, -0.15) is 0 Å². The summed E-state index contributed by atoms with van der Waals surface area (Å²) < 4.78 is 8.86. The van der Waals surface area contributed by atoms with E-state index in [1.165, 1.54) is 27.4 Å². The molecule has 4 nitrogen and oxygen atoms in total. The van der Waals surface area contributed by atoms with Crippen molar-refractivity contribution in [1.29, 1.82) is 0 Å². The number of hydrogen-bond donors (Lipinski definition) is 0. The molecule has 50 heavy (non-hydrogen) atoms. The second kappa shape index (κ2) is 11.4. The molecule has 0 radical (unpaired) electrons. The highest BCUT2D eigenvalue weighted by molar-refractivity contribution is 6.17. The van der Waals surface area contributed by atoms with Crippen LogP contribution in [-0.4, -0.2) is 14.5 Å². The Morgan fingerprint density at radius 2 is 1.04 bits per heavy atom. The number of benzene rings is 7. The Kier molecular flexibility index (Phi) is 6.46. The van der Waals surface area contributed by atoms with Crippen molar-refractivity contribution in [2.45, 2.75) is 0 Å². The van der Waals surface area contributed by atoms with Crippen molar-refractivity contribution in [3.8, 4) is 50.7 Å². The van der Waals surface area contributed by atoms with E-state index in [0.29, 0.717) is 5.82 Å². The molecule has 0 fully saturated rings. The normalized spacial score (nSPS) is 11.6. The first-order valence-electron chi connectivity index (χ1n) is 16.8. The zero-order valence-electron chi connectivity index (χ0n) is 27.0. The predicted octanol–water partition coefficient (Wildman–Crippen LogP) is 12.1. The lowest BCUT2D eigenvalue weighted by molar-refractivity contribution is 0.669. The van der Waals surface area contributed by atoms with E-state index in [1.54, 1.807) is 0 Å². The van der Waals surface area contributed by atoms with Crippen LogP contribution >= 0.6 is 0 Å².